The van der Waals surface area contributed by atoms with E-state index in [1.54, 1.807) is 13.8 Å². The Kier molecular flexibility index (Phi) is 4.91. The molecule has 0 bridgehead atoms. The molecule has 3 fully saturated rings. The lowest BCUT2D eigenvalue weighted by Gasteiger charge is -2.71. The lowest BCUT2D eigenvalue weighted by molar-refractivity contribution is -0.370. The Morgan fingerprint density at radius 3 is 2.34 bits per heavy atom. The van der Waals surface area contributed by atoms with E-state index >= 15 is 0 Å². The first-order chi connectivity index (χ1) is 13.1. The van der Waals surface area contributed by atoms with Crippen molar-refractivity contribution in [2.24, 2.45) is 16.7 Å². The first-order valence-electron chi connectivity index (χ1n) is 10.2. The first-order valence-corrected chi connectivity index (χ1v) is 10.2. The number of rotatable bonds is 2. The minimum atomic E-state index is -2.18. The average Bonchev–Trinajstić information content (AvgIpc) is 2.59. The maximum atomic E-state index is 13.6. The lowest BCUT2D eigenvalue weighted by Crippen LogP contribution is -2.86. The maximum absolute atomic E-state index is 13.6. The van der Waals surface area contributed by atoms with Crippen LogP contribution in [0.2, 0.25) is 0 Å². The highest BCUT2D eigenvalue weighted by Gasteiger charge is 2.81. The average molecular weight is 412 g/mol. The molecule has 0 spiro atoms. The zero-order valence-corrected chi connectivity index (χ0v) is 18.2. The van der Waals surface area contributed by atoms with Crippen molar-refractivity contribution >= 4 is 11.8 Å². The van der Waals surface area contributed by atoms with Gasteiger partial charge < -0.3 is 24.8 Å². The fourth-order valence-electron chi connectivity index (χ4n) is 6.66. The molecule has 3 rings (SSSR count). The number of ether oxygens (including phenoxy) is 2. The van der Waals surface area contributed by atoms with Gasteiger partial charge in [0.25, 0.3) is 0 Å². The summed E-state index contributed by atoms with van der Waals surface area (Å²) in [5.41, 5.74) is -7.00. The number of ketones is 1. The van der Waals surface area contributed by atoms with Crippen molar-refractivity contribution in [3.63, 3.8) is 0 Å². The van der Waals surface area contributed by atoms with Crippen molar-refractivity contribution < 1.29 is 34.4 Å². The second kappa shape index (κ2) is 6.36. The Bertz CT molecular complexity index is 747. The Labute approximate surface area is 172 Å². The number of aliphatic hydroxyl groups is 3. The molecule has 1 aliphatic heterocycles. The minimum Gasteiger partial charge on any atom is -0.457 e. The molecule has 7 heteroatoms. The highest BCUT2D eigenvalue weighted by molar-refractivity contribution is 5.92. The van der Waals surface area contributed by atoms with Crippen LogP contribution in [-0.4, -0.2) is 62.2 Å². The molecule has 29 heavy (non-hydrogen) atoms. The molecule has 0 aromatic heterocycles. The number of fused-ring (bicyclic) bond motifs is 3. The van der Waals surface area contributed by atoms with Crippen LogP contribution in [0.25, 0.3) is 0 Å². The SMILES string of the molecule is C=C[C@@]1(C)CC(=O)[C@]2(O)[C@@]3(C)[C@@H](O)CCC(C)(C)[C@@H]3[C@H](O)[C@H](O[13C]([13CH3])=O)[C@@]2(C)O1. The Morgan fingerprint density at radius 2 is 1.83 bits per heavy atom. The molecule has 164 valence electrons. The minimum absolute atomic E-state index is 0.138. The molecular weight excluding hydrogens is 378 g/mol. The molecule has 0 amide bonds. The molecule has 1 heterocycles. The van der Waals surface area contributed by atoms with E-state index in [9.17, 15) is 24.9 Å². The van der Waals surface area contributed by atoms with E-state index in [-0.39, 0.29) is 6.42 Å². The summed E-state index contributed by atoms with van der Waals surface area (Å²) < 4.78 is 11.8. The smallest absolute Gasteiger partial charge is 0.303 e. The molecule has 3 aliphatic rings. The molecule has 0 unspecified atom stereocenters. The lowest BCUT2D eigenvalue weighted by atomic mass is 9.40. The predicted octanol–water partition coefficient (Wildman–Crippen LogP) is 1.52. The van der Waals surface area contributed by atoms with Gasteiger partial charge in [0.2, 0.25) is 0 Å². The number of hydrogen-bond acceptors (Lipinski definition) is 7. The van der Waals surface area contributed by atoms with Crippen molar-refractivity contribution in [3.05, 3.63) is 12.7 Å². The second-order valence-electron chi connectivity index (χ2n) is 10.4. The Hall–Kier alpha value is -1.28. The summed E-state index contributed by atoms with van der Waals surface area (Å²) in [5, 5.41) is 34.7. The van der Waals surface area contributed by atoms with Gasteiger partial charge in [0.05, 0.1) is 17.8 Å². The summed E-state index contributed by atoms with van der Waals surface area (Å²) in [6, 6.07) is 0. The fraction of sp³-hybridized carbons (Fsp3) is 0.818. The van der Waals surface area contributed by atoms with E-state index in [0.29, 0.717) is 12.8 Å². The predicted molar refractivity (Wildman–Crippen MR) is 105 cm³/mol. The molecule has 3 N–H and O–H groups in total. The van der Waals surface area contributed by atoms with Crippen LogP contribution >= 0.6 is 0 Å². The van der Waals surface area contributed by atoms with Crippen LogP contribution in [0.15, 0.2) is 12.7 Å². The number of Topliss-reactive ketones (excluding diaryl/α,β-unsaturated/α-hetero) is 1. The third kappa shape index (κ3) is 2.63. The summed E-state index contributed by atoms with van der Waals surface area (Å²) in [4.78, 5) is 25.5. The van der Waals surface area contributed by atoms with Gasteiger partial charge in [-0.2, -0.15) is 0 Å². The summed E-state index contributed by atoms with van der Waals surface area (Å²) in [7, 11) is 0. The highest BCUT2D eigenvalue weighted by atomic mass is 16.7. The van der Waals surface area contributed by atoms with E-state index in [1.807, 2.05) is 13.8 Å². The fourth-order valence-corrected chi connectivity index (χ4v) is 6.66. The van der Waals surface area contributed by atoms with Gasteiger partial charge in [-0.15, -0.1) is 6.58 Å². The van der Waals surface area contributed by atoms with Crippen molar-refractivity contribution in [1.82, 2.24) is 0 Å². The van der Waals surface area contributed by atoms with Gasteiger partial charge in [-0.1, -0.05) is 26.8 Å². The molecule has 1 saturated heterocycles. The topological polar surface area (TPSA) is 113 Å². The monoisotopic (exact) mass is 412 g/mol. The van der Waals surface area contributed by atoms with Gasteiger partial charge in [-0.05, 0) is 32.1 Å². The van der Waals surface area contributed by atoms with Crippen molar-refractivity contribution in [2.45, 2.75) is 95.9 Å². The van der Waals surface area contributed by atoms with Crippen molar-refractivity contribution in [3.8, 4) is 0 Å². The van der Waals surface area contributed by atoms with E-state index in [4.69, 9.17) is 9.47 Å². The largest absolute Gasteiger partial charge is 0.457 e. The molecule has 0 aromatic carbocycles. The molecule has 0 aromatic rings. The summed E-state index contributed by atoms with van der Waals surface area (Å²) in [5.74, 6) is -1.87. The normalized spacial score (nSPS) is 51.6. The number of carbonyl (C=O) groups excluding carboxylic acids is 2. The van der Waals surface area contributed by atoms with E-state index in [1.165, 1.54) is 19.9 Å². The standard InChI is InChI=1S/C22H34O7/c1-8-19(5)11-14(25)22(27)20(6)13(24)9-10-18(3,4)16(20)15(26)17(28-12(2)23)21(22,7)29-19/h8,13,15-17,24,26-27H,1,9-11H2,2-7H3/t13-,15-,16-,17-,19-,20-,21+,22-/m0/s1/i2+1,12+1. The van der Waals surface area contributed by atoms with Crippen LogP contribution in [0.5, 0.6) is 0 Å². The number of esters is 1. The Morgan fingerprint density at radius 1 is 1.24 bits per heavy atom. The third-order valence-electron chi connectivity index (χ3n) is 8.02. The maximum Gasteiger partial charge on any atom is 0.303 e. The van der Waals surface area contributed by atoms with Crippen LogP contribution < -0.4 is 0 Å². The zero-order chi connectivity index (χ0) is 22.2. The Balaban J connectivity index is 2.33. The molecule has 0 radical (unpaired) electrons. The quantitative estimate of drug-likeness (QED) is 0.358. The van der Waals surface area contributed by atoms with Gasteiger partial charge in [0.15, 0.2) is 17.5 Å². The molecule has 8 atom stereocenters. The third-order valence-corrected chi connectivity index (χ3v) is 8.02. The number of hydrogen-bond donors (Lipinski definition) is 3. The summed E-state index contributed by atoms with van der Waals surface area (Å²) in [6.07, 6.45) is -1.29. The van der Waals surface area contributed by atoms with Crippen LogP contribution in [0.3, 0.4) is 0 Å². The highest BCUT2D eigenvalue weighted by Crippen LogP contribution is 2.66. The summed E-state index contributed by atoms with van der Waals surface area (Å²) in [6.45, 7) is 13.6. The van der Waals surface area contributed by atoms with E-state index < -0.39 is 63.6 Å². The van der Waals surface area contributed by atoms with Gasteiger partial charge in [0, 0.05) is 24.7 Å². The van der Waals surface area contributed by atoms with Crippen LogP contribution in [0.1, 0.15) is 60.8 Å². The van der Waals surface area contributed by atoms with E-state index in [0.717, 1.165) is 0 Å². The second-order valence-corrected chi connectivity index (χ2v) is 10.4. The number of aliphatic hydroxyl groups excluding tert-OH is 2. The van der Waals surface area contributed by atoms with Crippen molar-refractivity contribution in [2.75, 3.05) is 0 Å². The van der Waals surface area contributed by atoms with Crippen molar-refractivity contribution in [1.29, 1.82) is 0 Å². The van der Waals surface area contributed by atoms with Gasteiger partial charge in [0.1, 0.15) is 5.60 Å². The zero-order valence-electron chi connectivity index (χ0n) is 18.2. The summed E-state index contributed by atoms with van der Waals surface area (Å²) >= 11 is 0. The van der Waals surface area contributed by atoms with Crippen LogP contribution in [-0.2, 0) is 19.1 Å². The van der Waals surface area contributed by atoms with Gasteiger partial charge in [-0.25, -0.2) is 0 Å². The number of carbonyl (C=O) groups is 2. The van der Waals surface area contributed by atoms with Gasteiger partial charge in [-0.3, -0.25) is 9.59 Å². The molecule has 7 nitrogen and oxygen atoms in total. The van der Waals surface area contributed by atoms with Crippen LogP contribution in [0, 0.1) is 16.7 Å². The van der Waals surface area contributed by atoms with Crippen LogP contribution in [0.4, 0.5) is 0 Å². The first kappa shape index (κ1) is 22.4. The molecule has 2 saturated carbocycles. The van der Waals surface area contributed by atoms with E-state index in [2.05, 4.69) is 6.58 Å². The molecular formula is C22H34O7. The van der Waals surface area contributed by atoms with Gasteiger partial charge >= 0.3 is 5.97 Å². The molecule has 2 aliphatic carbocycles.